The summed E-state index contributed by atoms with van der Waals surface area (Å²) >= 11 is 0. The first kappa shape index (κ1) is 15.9. The molecule has 3 aliphatic rings. The van der Waals surface area contributed by atoms with E-state index in [1.165, 1.54) is 0 Å². The SMILES string of the molecule is O=C(NC(c1ccccc1)C(F)F)C1=C2C=CC=CN2C(C2CC2)N1. The lowest BCUT2D eigenvalue weighted by molar-refractivity contribution is -0.119. The van der Waals surface area contributed by atoms with E-state index in [-0.39, 0.29) is 6.17 Å². The van der Waals surface area contributed by atoms with Gasteiger partial charge in [0.25, 0.3) is 12.3 Å². The first-order valence-corrected chi connectivity index (χ1v) is 8.43. The number of benzene rings is 1. The lowest BCUT2D eigenvalue weighted by Gasteiger charge is -2.25. The molecule has 2 unspecified atom stereocenters. The van der Waals surface area contributed by atoms with Crippen LogP contribution in [0.15, 0.2) is 66.2 Å². The minimum Gasteiger partial charge on any atom is -0.358 e. The topological polar surface area (TPSA) is 44.4 Å². The van der Waals surface area contributed by atoms with Crippen LogP contribution in [0, 0.1) is 5.92 Å². The van der Waals surface area contributed by atoms with Crippen LogP contribution in [0.4, 0.5) is 8.78 Å². The zero-order valence-electron chi connectivity index (χ0n) is 13.5. The highest BCUT2D eigenvalue weighted by atomic mass is 19.3. The molecule has 0 aromatic heterocycles. The number of hydrogen-bond acceptors (Lipinski definition) is 3. The van der Waals surface area contributed by atoms with E-state index in [0.29, 0.717) is 17.2 Å². The summed E-state index contributed by atoms with van der Waals surface area (Å²) in [5, 5.41) is 5.73. The van der Waals surface area contributed by atoms with E-state index in [2.05, 4.69) is 10.6 Å². The van der Waals surface area contributed by atoms with Gasteiger partial charge in [0.15, 0.2) is 0 Å². The molecule has 130 valence electrons. The molecule has 0 spiro atoms. The minimum absolute atomic E-state index is 0.0266. The number of nitrogens with one attached hydrogen (secondary N) is 2. The van der Waals surface area contributed by atoms with Gasteiger partial charge in [0.2, 0.25) is 0 Å². The van der Waals surface area contributed by atoms with E-state index in [1.807, 2.05) is 29.3 Å². The standard InChI is InChI=1S/C19H19F2N3O/c20-17(21)15(12-6-2-1-3-7-12)23-19(25)16-14-8-4-5-11-24(14)18(22-16)13-9-10-13/h1-8,11,13,15,17-18,22H,9-10H2,(H,23,25). The van der Waals surface area contributed by atoms with Crippen LogP contribution in [0.25, 0.3) is 0 Å². The number of carbonyl (C=O) groups excluding carboxylic acids is 1. The molecule has 1 aromatic rings. The third kappa shape index (κ3) is 3.04. The molecule has 1 fully saturated rings. The predicted molar refractivity (Wildman–Crippen MR) is 90.1 cm³/mol. The highest BCUT2D eigenvalue weighted by Crippen LogP contribution is 2.40. The van der Waals surface area contributed by atoms with Crippen molar-refractivity contribution >= 4 is 5.91 Å². The maximum absolute atomic E-state index is 13.5. The zero-order valence-corrected chi connectivity index (χ0v) is 13.5. The van der Waals surface area contributed by atoms with Crippen LogP contribution in [0.3, 0.4) is 0 Å². The molecule has 2 atom stereocenters. The van der Waals surface area contributed by atoms with Crippen molar-refractivity contribution in [3.63, 3.8) is 0 Å². The van der Waals surface area contributed by atoms with E-state index < -0.39 is 18.4 Å². The minimum atomic E-state index is -2.68. The number of rotatable bonds is 5. The number of fused-ring (bicyclic) bond motifs is 1. The molecule has 0 bridgehead atoms. The number of halogens is 2. The second kappa shape index (κ2) is 6.35. The molecule has 25 heavy (non-hydrogen) atoms. The summed E-state index contributed by atoms with van der Waals surface area (Å²) in [6.07, 6.45) is 7.08. The van der Waals surface area contributed by atoms with Crippen LogP contribution in [-0.4, -0.2) is 23.4 Å². The number of hydrogen-bond donors (Lipinski definition) is 2. The van der Waals surface area contributed by atoms with Crippen molar-refractivity contribution < 1.29 is 13.6 Å². The van der Waals surface area contributed by atoms with Crippen molar-refractivity contribution in [1.29, 1.82) is 0 Å². The summed E-state index contributed by atoms with van der Waals surface area (Å²) in [4.78, 5) is 14.7. The maximum Gasteiger partial charge on any atom is 0.270 e. The van der Waals surface area contributed by atoms with Gasteiger partial charge in [0.1, 0.15) is 17.9 Å². The lowest BCUT2D eigenvalue weighted by atomic mass is 10.1. The normalized spacial score (nSPS) is 22.8. The van der Waals surface area contributed by atoms with Gasteiger partial charge in [-0.15, -0.1) is 0 Å². The number of alkyl halides is 2. The van der Waals surface area contributed by atoms with Gasteiger partial charge in [-0.2, -0.15) is 0 Å². The first-order valence-electron chi connectivity index (χ1n) is 8.43. The Morgan fingerprint density at radius 2 is 1.96 bits per heavy atom. The molecule has 0 radical (unpaired) electrons. The molecule has 1 amide bonds. The summed E-state index contributed by atoms with van der Waals surface area (Å²) in [6.45, 7) is 0. The van der Waals surface area contributed by atoms with Crippen LogP contribution in [0.2, 0.25) is 0 Å². The molecule has 2 heterocycles. The molecular weight excluding hydrogens is 324 g/mol. The molecule has 1 aromatic carbocycles. The Kier molecular flexibility index (Phi) is 4.03. The van der Waals surface area contributed by atoms with Gasteiger partial charge < -0.3 is 15.5 Å². The number of amides is 1. The van der Waals surface area contributed by atoms with E-state index in [0.717, 1.165) is 18.5 Å². The zero-order chi connectivity index (χ0) is 17.4. The third-order valence-electron chi connectivity index (χ3n) is 4.73. The molecule has 1 saturated carbocycles. The van der Waals surface area contributed by atoms with Crippen LogP contribution in [0.5, 0.6) is 0 Å². The second-order valence-corrected chi connectivity index (χ2v) is 6.49. The van der Waals surface area contributed by atoms with Crippen LogP contribution < -0.4 is 10.6 Å². The average Bonchev–Trinajstić information content (AvgIpc) is 3.40. The van der Waals surface area contributed by atoms with Gasteiger partial charge in [0.05, 0.1) is 5.70 Å². The molecular formula is C19H19F2N3O. The van der Waals surface area contributed by atoms with Crippen LogP contribution in [-0.2, 0) is 4.79 Å². The monoisotopic (exact) mass is 343 g/mol. The first-order chi connectivity index (χ1) is 12.1. The van der Waals surface area contributed by atoms with Crippen LogP contribution >= 0.6 is 0 Å². The van der Waals surface area contributed by atoms with E-state index in [4.69, 9.17) is 0 Å². The molecule has 1 aliphatic carbocycles. The Hall–Kier alpha value is -2.63. The Balaban J connectivity index is 1.57. The molecule has 4 nitrogen and oxygen atoms in total. The third-order valence-corrected chi connectivity index (χ3v) is 4.73. The molecule has 4 rings (SSSR count). The largest absolute Gasteiger partial charge is 0.358 e. The van der Waals surface area contributed by atoms with E-state index in [9.17, 15) is 13.6 Å². The Labute approximate surface area is 144 Å². The average molecular weight is 343 g/mol. The van der Waals surface area contributed by atoms with Crippen LogP contribution in [0.1, 0.15) is 24.4 Å². The predicted octanol–water partition coefficient (Wildman–Crippen LogP) is 3.05. The quantitative estimate of drug-likeness (QED) is 0.864. The Morgan fingerprint density at radius 3 is 2.64 bits per heavy atom. The fraction of sp³-hybridized carbons (Fsp3) is 0.316. The molecule has 2 aliphatic heterocycles. The fourth-order valence-corrected chi connectivity index (χ4v) is 3.31. The lowest BCUT2D eigenvalue weighted by Crippen LogP contribution is -2.40. The summed E-state index contributed by atoms with van der Waals surface area (Å²) in [5.74, 6) is -0.0197. The molecule has 6 heteroatoms. The summed E-state index contributed by atoms with van der Waals surface area (Å²) in [7, 11) is 0. The van der Waals surface area contributed by atoms with Crippen molar-refractivity contribution in [2.24, 2.45) is 5.92 Å². The van der Waals surface area contributed by atoms with Gasteiger partial charge >= 0.3 is 0 Å². The van der Waals surface area contributed by atoms with Gasteiger partial charge in [-0.3, -0.25) is 4.79 Å². The summed E-state index contributed by atoms with van der Waals surface area (Å²) in [6, 6.07) is 6.99. The van der Waals surface area contributed by atoms with Crippen molar-refractivity contribution in [2.75, 3.05) is 0 Å². The van der Waals surface area contributed by atoms with Crippen molar-refractivity contribution in [2.45, 2.75) is 31.5 Å². The summed E-state index contributed by atoms with van der Waals surface area (Å²) < 4.78 is 27.0. The van der Waals surface area contributed by atoms with Gasteiger partial charge in [-0.1, -0.05) is 36.4 Å². The van der Waals surface area contributed by atoms with Gasteiger partial charge in [0, 0.05) is 6.20 Å². The van der Waals surface area contributed by atoms with Crippen molar-refractivity contribution in [3.8, 4) is 0 Å². The number of allylic oxidation sites excluding steroid dienone is 3. The Bertz CT molecular complexity index is 753. The second-order valence-electron chi connectivity index (χ2n) is 6.49. The fourth-order valence-electron chi connectivity index (χ4n) is 3.31. The number of nitrogens with zero attached hydrogens (tertiary/aromatic N) is 1. The number of carbonyl (C=O) groups is 1. The van der Waals surface area contributed by atoms with Gasteiger partial charge in [-0.25, -0.2) is 8.78 Å². The smallest absolute Gasteiger partial charge is 0.270 e. The summed E-state index contributed by atoms with van der Waals surface area (Å²) in [5.41, 5.74) is 1.49. The Morgan fingerprint density at radius 1 is 1.20 bits per heavy atom. The van der Waals surface area contributed by atoms with Gasteiger partial charge in [-0.05, 0) is 36.5 Å². The van der Waals surface area contributed by atoms with Crippen molar-refractivity contribution in [3.05, 3.63) is 71.7 Å². The van der Waals surface area contributed by atoms with E-state index in [1.54, 1.807) is 30.3 Å². The van der Waals surface area contributed by atoms with Crippen molar-refractivity contribution in [1.82, 2.24) is 15.5 Å². The highest BCUT2D eigenvalue weighted by molar-refractivity contribution is 5.95. The molecule has 2 N–H and O–H groups in total. The van der Waals surface area contributed by atoms with E-state index >= 15 is 0 Å². The highest BCUT2D eigenvalue weighted by Gasteiger charge is 2.42. The maximum atomic E-state index is 13.5. The molecule has 0 saturated heterocycles.